The summed E-state index contributed by atoms with van der Waals surface area (Å²) in [6, 6.07) is 0. The zero-order valence-electron chi connectivity index (χ0n) is 4.52. The fourth-order valence-corrected chi connectivity index (χ4v) is 0.370. The molecule has 1 atom stereocenters. The number of hydrogen-bond acceptors (Lipinski definition) is 2. The molecule has 2 nitrogen and oxygen atoms in total. The van der Waals surface area contributed by atoms with E-state index < -0.39 is 6.58 Å². The SMILES string of the molecule is [2H][C@@H]1COCCO1. The molecule has 0 N–H and O–H groups in total. The van der Waals surface area contributed by atoms with Crippen molar-refractivity contribution in [1.29, 1.82) is 0 Å². The van der Waals surface area contributed by atoms with E-state index in [2.05, 4.69) is 0 Å². The van der Waals surface area contributed by atoms with Crippen LogP contribution in [0.2, 0.25) is 0 Å². The molecule has 1 fully saturated rings. The van der Waals surface area contributed by atoms with Gasteiger partial charge in [0.1, 0.15) is 0 Å². The fraction of sp³-hybridized carbons (Fsp3) is 1.00. The summed E-state index contributed by atoms with van der Waals surface area (Å²) >= 11 is 0. The van der Waals surface area contributed by atoms with E-state index in [0.717, 1.165) is 0 Å². The lowest BCUT2D eigenvalue weighted by Gasteiger charge is -2.09. The van der Waals surface area contributed by atoms with Crippen LogP contribution < -0.4 is 0 Å². The molecule has 0 saturated carbocycles. The Morgan fingerprint density at radius 2 is 2.00 bits per heavy atom. The van der Waals surface area contributed by atoms with Gasteiger partial charge in [-0.3, -0.25) is 0 Å². The molecule has 0 amide bonds. The van der Waals surface area contributed by atoms with Gasteiger partial charge < -0.3 is 9.47 Å². The summed E-state index contributed by atoms with van der Waals surface area (Å²) < 4.78 is 16.6. The molecule has 1 aliphatic rings. The van der Waals surface area contributed by atoms with Gasteiger partial charge in [0.15, 0.2) is 0 Å². The van der Waals surface area contributed by atoms with E-state index >= 15 is 0 Å². The molecule has 0 spiro atoms. The second-order valence-electron chi connectivity index (χ2n) is 1.11. The molecule has 1 heterocycles. The summed E-state index contributed by atoms with van der Waals surface area (Å²) in [5.74, 6) is 0. The van der Waals surface area contributed by atoms with Crippen molar-refractivity contribution in [2.75, 3.05) is 26.4 Å². The monoisotopic (exact) mass is 89.1 g/mol. The van der Waals surface area contributed by atoms with E-state index in [-0.39, 0.29) is 0 Å². The summed E-state index contributed by atoms with van der Waals surface area (Å²) in [5, 5.41) is 0. The van der Waals surface area contributed by atoms with Crippen molar-refractivity contribution >= 4 is 0 Å². The molecule has 1 aliphatic heterocycles. The number of rotatable bonds is 0. The Bertz CT molecular complexity index is 51.7. The maximum Gasteiger partial charge on any atom is 0.0701 e. The van der Waals surface area contributed by atoms with E-state index in [1.54, 1.807) is 0 Å². The molecule has 0 unspecified atom stereocenters. The molecule has 0 radical (unpaired) electrons. The number of hydrogen-bond donors (Lipinski definition) is 0. The normalized spacial score (nSPS) is 38.7. The number of ether oxygens (including phenoxy) is 2. The van der Waals surface area contributed by atoms with Crippen LogP contribution in [0.1, 0.15) is 1.37 Å². The predicted molar refractivity (Wildman–Crippen MR) is 21.6 cm³/mol. The zero-order valence-corrected chi connectivity index (χ0v) is 3.52. The van der Waals surface area contributed by atoms with E-state index in [1.165, 1.54) is 0 Å². The van der Waals surface area contributed by atoms with Gasteiger partial charge in [0.05, 0.1) is 27.8 Å². The Labute approximate surface area is 38.5 Å². The van der Waals surface area contributed by atoms with Gasteiger partial charge in [-0.2, -0.15) is 0 Å². The zero-order chi connectivity index (χ0) is 5.11. The van der Waals surface area contributed by atoms with E-state index in [1.807, 2.05) is 0 Å². The van der Waals surface area contributed by atoms with Crippen LogP contribution in [0.15, 0.2) is 0 Å². The van der Waals surface area contributed by atoms with Crippen molar-refractivity contribution < 1.29 is 10.8 Å². The third-order valence-corrected chi connectivity index (χ3v) is 0.649. The van der Waals surface area contributed by atoms with E-state index in [0.29, 0.717) is 19.8 Å². The van der Waals surface area contributed by atoms with Gasteiger partial charge in [0.2, 0.25) is 0 Å². The van der Waals surface area contributed by atoms with Gasteiger partial charge in [-0.05, 0) is 0 Å². The maximum absolute atomic E-state index is 6.92. The first-order valence-corrected chi connectivity index (χ1v) is 2.01. The minimum atomic E-state index is -0.436. The lowest BCUT2D eigenvalue weighted by molar-refractivity contribution is -0.0334. The Balaban J connectivity index is 2.12. The smallest absolute Gasteiger partial charge is 0.0701 e. The van der Waals surface area contributed by atoms with Crippen molar-refractivity contribution in [3.63, 3.8) is 0 Å². The van der Waals surface area contributed by atoms with Crippen LogP contribution in [0, 0.1) is 0 Å². The minimum Gasteiger partial charge on any atom is -0.377 e. The Hall–Kier alpha value is -0.0800. The molecule has 0 aromatic heterocycles. The Kier molecular flexibility index (Phi) is 1.08. The third-order valence-electron chi connectivity index (χ3n) is 0.649. The van der Waals surface area contributed by atoms with Crippen LogP contribution in [0.5, 0.6) is 0 Å². The van der Waals surface area contributed by atoms with Crippen LogP contribution in [0.25, 0.3) is 0 Å². The van der Waals surface area contributed by atoms with Crippen molar-refractivity contribution in [3.8, 4) is 0 Å². The highest BCUT2D eigenvalue weighted by Gasteiger charge is 1.94. The molecular weight excluding hydrogens is 80.0 g/mol. The lowest BCUT2D eigenvalue weighted by Crippen LogP contribution is -2.16. The predicted octanol–water partition coefficient (Wildman–Crippen LogP) is 0.0332. The molecule has 1 rings (SSSR count). The Morgan fingerprint density at radius 3 is 2.33 bits per heavy atom. The van der Waals surface area contributed by atoms with E-state index in [4.69, 9.17) is 10.8 Å². The van der Waals surface area contributed by atoms with Crippen molar-refractivity contribution in [2.45, 2.75) is 0 Å². The lowest BCUT2D eigenvalue weighted by atomic mass is 10.6. The molecule has 6 heavy (non-hydrogen) atoms. The van der Waals surface area contributed by atoms with Gasteiger partial charge in [0, 0.05) is 0 Å². The largest absolute Gasteiger partial charge is 0.377 e. The second kappa shape index (κ2) is 2.16. The average Bonchev–Trinajstić information content (AvgIpc) is 1.69. The standard InChI is InChI=1S/C4H8O2/c1-2-6-4-3-5-1/h1-4H2/i1D/t1-/m1/s1. The van der Waals surface area contributed by atoms with Gasteiger partial charge in [0.25, 0.3) is 0 Å². The van der Waals surface area contributed by atoms with Crippen LogP contribution in [-0.2, 0) is 9.47 Å². The molecular formula is C4H8O2. The van der Waals surface area contributed by atoms with Gasteiger partial charge in [-0.1, -0.05) is 0 Å². The summed E-state index contributed by atoms with van der Waals surface area (Å²) in [6.07, 6.45) is 0. The topological polar surface area (TPSA) is 18.5 Å². The first-order valence-electron chi connectivity index (χ1n) is 2.59. The van der Waals surface area contributed by atoms with Crippen molar-refractivity contribution in [2.24, 2.45) is 0 Å². The van der Waals surface area contributed by atoms with Gasteiger partial charge in [-0.25, -0.2) is 0 Å². The fourth-order valence-electron chi connectivity index (χ4n) is 0.370. The van der Waals surface area contributed by atoms with E-state index in [9.17, 15) is 0 Å². The van der Waals surface area contributed by atoms with Crippen molar-refractivity contribution in [1.82, 2.24) is 0 Å². The van der Waals surface area contributed by atoms with Gasteiger partial charge >= 0.3 is 0 Å². The molecule has 0 aliphatic carbocycles. The van der Waals surface area contributed by atoms with Crippen LogP contribution in [0.3, 0.4) is 0 Å². The summed E-state index contributed by atoms with van der Waals surface area (Å²) in [6.45, 7) is 1.22. The average molecular weight is 89.1 g/mol. The Morgan fingerprint density at radius 1 is 1.17 bits per heavy atom. The highest BCUT2D eigenvalue weighted by Crippen LogP contribution is 1.85. The highest BCUT2D eigenvalue weighted by molar-refractivity contribution is 4.37. The summed E-state index contributed by atoms with van der Waals surface area (Å²) in [4.78, 5) is 0. The van der Waals surface area contributed by atoms with Crippen LogP contribution >= 0.6 is 0 Å². The molecule has 36 valence electrons. The maximum atomic E-state index is 6.92. The minimum absolute atomic E-state index is 0.431. The highest BCUT2D eigenvalue weighted by atomic mass is 16.6. The molecule has 0 aromatic rings. The summed E-state index contributed by atoms with van der Waals surface area (Å²) in [7, 11) is 0. The van der Waals surface area contributed by atoms with Crippen molar-refractivity contribution in [3.05, 3.63) is 0 Å². The first-order chi connectivity index (χ1) is 3.39. The van der Waals surface area contributed by atoms with Crippen LogP contribution in [-0.4, -0.2) is 26.4 Å². The third kappa shape index (κ3) is 0.954. The summed E-state index contributed by atoms with van der Waals surface area (Å²) in [5.41, 5.74) is 0. The molecule has 0 bridgehead atoms. The second-order valence-corrected chi connectivity index (χ2v) is 1.11. The molecule has 1 saturated heterocycles. The van der Waals surface area contributed by atoms with Gasteiger partial charge in [-0.15, -0.1) is 0 Å². The van der Waals surface area contributed by atoms with Crippen LogP contribution in [0.4, 0.5) is 0 Å². The first kappa shape index (κ1) is 2.99. The molecule has 2 heteroatoms. The quantitative estimate of drug-likeness (QED) is 0.417. The molecule has 0 aromatic carbocycles.